The van der Waals surface area contributed by atoms with E-state index in [4.69, 9.17) is 14.8 Å². The van der Waals surface area contributed by atoms with E-state index in [1.807, 2.05) is 41.3 Å². The molecule has 6 heteroatoms. The van der Waals surface area contributed by atoms with Gasteiger partial charge in [0.05, 0.1) is 6.20 Å². The second kappa shape index (κ2) is 15.0. The Labute approximate surface area is 304 Å². The number of nitrogens with zero attached hydrogens (tertiary/aromatic N) is 4. The van der Waals surface area contributed by atoms with Gasteiger partial charge in [-0.3, -0.25) is 4.68 Å². The van der Waals surface area contributed by atoms with Crippen LogP contribution in [0.3, 0.4) is 0 Å². The maximum absolute atomic E-state index is 6.42. The van der Waals surface area contributed by atoms with Gasteiger partial charge in [0.15, 0.2) is 0 Å². The van der Waals surface area contributed by atoms with Gasteiger partial charge in [0.25, 0.3) is 0 Å². The molecule has 0 fully saturated rings. The Morgan fingerprint density at radius 1 is 0.857 bits per heavy atom. The van der Waals surface area contributed by atoms with Crippen molar-refractivity contribution in [2.45, 2.75) is 60.3 Å². The Kier molecular flexibility index (Phi) is 10.5. The maximum atomic E-state index is 6.42. The molecule has 4 aromatic carbocycles. The van der Waals surface area contributed by atoms with E-state index >= 15 is 0 Å². The number of pyridine rings is 1. The molecule has 7 aromatic rings. The van der Waals surface area contributed by atoms with Gasteiger partial charge in [-0.25, -0.2) is 4.98 Å². The number of hydrogen-bond donors (Lipinski definition) is 0. The van der Waals surface area contributed by atoms with E-state index in [2.05, 4.69) is 118 Å². The van der Waals surface area contributed by atoms with Crippen LogP contribution in [0.15, 0.2) is 104 Å². The van der Waals surface area contributed by atoms with E-state index in [0.29, 0.717) is 23.3 Å². The molecular formula is C43H42N4OPt. The van der Waals surface area contributed by atoms with Crippen molar-refractivity contribution in [3.63, 3.8) is 0 Å². The summed E-state index contributed by atoms with van der Waals surface area (Å²) in [6.07, 6.45) is 10.3. The number of para-hydroxylation sites is 1. The molecule has 5 nitrogen and oxygen atoms in total. The van der Waals surface area contributed by atoms with Gasteiger partial charge in [-0.2, -0.15) is 17.2 Å². The summed E-state index contributed by atoms with van der Waals surface area (Å²) in [4.78, 5) is 4.81. The zero-order valence-electron chi connectivity index (χ0n) is 28.8. The first-order chi connectivity index (χ1) is 23.4. The number of fused-ring (bicyclic) bond motifs is 3. The van der Waals surface area contributed by atoms with E-state index in [1.54, 1.807) is 0 Å². The van der Waals surface area contributed by atoms with Crippen LogP contribution in [0.1, 0.15) is 57.2 Å². The van der Waals surface area contributed by atoms with Crippen molar-refractivity contribution in [3.8, 4) is 34.1 Å². The predicted molar refractivity (Wildman–Crippen MR) is 196 cm³/mol. The molecule has 0 saturated heterocycles. The Morgan fingerprint density at radius 3 is 2.51 bits per heavy atom. The normalized spacial score (nSPS) is 12.0. The molecule has 1 atom stereocenters. The third-order valence-corrected chi connectivity index (χ3v) is 9.32. The maximum Gasteiger partial charge on any atom is 2.00 e. The molecule has 0 aliphatic rings. The van der Waals surface area contributed by atoms with E-state index in [-0.39, 0.29) is 21.1 Å². The summed E-state index contributed by atoms with van der Waals surface area (Å²) < 4.78 is 10.5. The van der Waals surface area contributed by atoms with Crippen molar-refractivity contribution < 1.29 is 25.8 Å². The van der Waals surface area contributed by atoms with Crippen LogP contribution in [0.5, 0.6) is 11.5 Å². The molecule has 0 N–H and O–H groups in total. The van der Waals surface area contributed by atoms with Gasteiger partial charge in [0, 0.05) is 35.0 Å². The van der Waals surface area contributed by atoms with Crippen LogP contribution < -0.4 is 4.74 Å². The van der Waals surface area contributed by atoms with Gasteiger partial charge in [-0.15, -0.1) is 35.7 Å². The number of ether oxygens (including phenoxy) is 1. The van der Waals surface area contributed by atoms with Gasteiger partial charge in [-0.1, -0.05) is 76.0 Å². The minimum Gasteiger partial charge on any atom is -0.509 e. The second-order valence-electron chi connectivity index (χ2n) is 13.4. The topological polar surface area (TPSA) is 44.9 Å². The number of hydrogen-bond acceptors (Lipinski definition) is 3. The van der Waals surface area contributed by atoms with Crippen LogP contribution in [-0.2, 0) is 33.9 Å². The summed E-state index contributed by atoms with van der Waals surface area (Å²) >= 11 is 0. The van der Waals surface area contributed by atoms with Crippen molar-refractivity contribution in [2.24, 2.45) is 11.8 Å². The summed E-state index contributed by atoms with van der Waals surface area (Å²) in [5.41, 5.74) is 9.14. The van der Waals surface area contributed by atoms with Crippen molar-refractivity contribution in [1.29, 1.82) is 0 Å². The third kappa shape index (κ3) is 7.28. The molecule has 3 aromatic heterocycles. The first-order valence-corrected chi connectivity index (χ1v) is 17.1. The molecule has 250 valence electrons. The fraction of sp³-hybridized carbons (Fsp3) is 0.256. The van der Waals surface area contributed by atoms with Crippen LogP contribution in [0.4, 0.5) is 0 Å². The average molecular weight is 826 g/mol. The van der Waals surface area contributed by atoms with Gasteiger partial charge in [0.1, 0.15) is 5.82 Å². The van der Waals surface area contributed by atoms with Gasteiger partial charge in [-0.05, 0) is 89.5 Å². The average Bonchev–Trinajstić information content (AvgIpc) is 3.71. The van der Waals surface area contributed by atoms with Crippen molar-refractivity contribution in [3.05, 3.63) is 132 Å². The smallest absolute Gasteiger partial charge is 0.509 e. The standard InChI is InChI=1S/C43H42N4O.Pt/c1-6-30(4)23-33-12-9-11-31(5)43(33)34-27-45-46(28-34)35-13-10-14-36(25-35)48-37-19-20-39-38-15-7-8-16-40(38)47(41(39)26-37)42-24-32(21-22-44-42)18-17-29(2)3;/h7-16,19-22,24,27-30H,6,17-18,23H2,1-5H3;/q-2;+2. The zero-order chi connectivity index (χ0) is 33.2. The van der Waals surface area contributed by atoms with E-state index in [9.17, 15) is 0 Å². The van der Waals surface area contributed by atoms with Crippen LogP contribution in [0.25, 0.3) is 44.4 Å². The van der Waals surface area contributed by atoms with Gasteiger partial charge >= 0.3 is 21.1 Å². The van der Waals surface area contributed by atoms with Crippen molar-refractivity contribution >= 4 is 21.8 Å². The minimum absolute atomic E-state index is 0. The third-order valence-electron chi connectivity index (χ3n) is 9.32. The largest absolute Gasteiger partial charge is 2.00 e. The van der Waals surface area contributed by atoms with Gasteiger partial charge in [0.2, 0.25) is 0 Å². The summed E-state index contributed by atoms with van der Waals surface area (Å²) in [5, 5.41) is 7.01. The molecule has 49 heavy (non-hydrogen) atoms. The summed E-state index contributed by atoms with van der Waals surface area (Å²) in [7, 11) is 0. The minimum atomic E-state index is 0. The molecule has 0 aliphatic heterocycles. The van der Waals surface area contributed by atoms with Crippen LogP contribution >= 0.6 is 0 Å². The summed E-state index contributed by atoms with van der Waals surface area (Å²) in [5.74, 6) is 3.38. The number of rotatable bonds is 11. The molecule has 0 saturated carbocycles. The molecule has 1 unspecified atom stereocenters. The Balaban J connectivity index is 0.00000417. The Hall–Kier alpha value is -4.47. The van der Waals surface area contributed by atoms with E-state index in [1.165, 1.54) is 22.3 Å². The fourth-order valence-electron chi connectivity index (χ4n) is 6.53. The first-order valence-electron chi connectivity index (χ1n) is 17.1. The number of benzene rings is 4. The first kappa shape index (κ1) is 34.4. The van der Waals surface area contributed by atoms with Crippen molar-refractivity contribution in [2.75, 3.05) is 0 Å². The van der Waals surface area contributed by atoms with Crippen molar-refractivity contribution in [1.82, 2.24) is 19.3 Å². The van der Waals surface area contributed by atoms with Crippen LogP contribution in [0, 0.1) is 30.9 Å². The van der Waals surface area contributed by atoms with Gasteiger partial charge < -0.3 is 9.30 Å². The molecular weight excluding hydrogens is 784 g/mol. The Morgan fingerprint density at radius 2 is 1.67 bits per heavy atom. The molecule has 0 amide bonds. The molecule has 7 rings (SSSR count). The molecule has 0 aliphatic carbocycles. The second-order valence-corrected chi connectivity index (χ2v) is 13.4. The SMILES string of the molecule is CCC(C)Cc1cccc(C)c1-c1cnn(-c2[c-]c(Oc3[c-]c4c(cc3)c3ccccc3n4-c3cc(CCC(C)C)ccn3)ccc2)c1.[Pt+2]. The number of aromatic nitrogens is 4. The summed E-state index contributed by atoms with van der Waals surface area (Å²) in [6.45, 7) is 11.3. The molecule has 0 bridgehead atoms. The molecule has 0 radical (unpaired) electrons. The number of aryl methyl sites for hydroxylation is 2. The fourth-order valence-corrected chi connectivity index (χ4v) is 6.53. The molecule has 0 spiro atoms. The van der Waals surface area contributed by atoms with Crippen LogP contribution in [0.2, 0.25) is 0 Å². The zero-order valence-corrected chi connectivity index (χ0v) is 31.1. The van der Waals surface area contributed by atoms with Crippen LogP contribution in [-0.4, -0.2) is 19.3 Å². The van der Waals surface area contributed by atoms with E-state index in [0.717, 1.165) is 64.6 Å². The van der Waals surface area contributed by atoms with E-state index < -0.39 is 0 Å². The monoisotopic (exact) mass is 825 g/mol. The Bertz CT molecular complexity index is 2210. The molecule has 3 heterocycles. The quantitative estimate of drug-likeness (QED) is 0.122. The predicted octanol–water partition coefficient (Wildman–Crippen LogP) is 10.9. The summed E-state index contributed by atoms with van der Waals surface area (Å²) in [6, 6.07) is 36.4.